The van der Waals surface area contributed by atoms with Gasteiger partial charge in [-0.15, -0.1) is 0 Å². The van der Waals surface area contributed by atoms with Gasteiger partial charge in [-0.1, -0.05) is 30.3 Å². The Bertz CT molecular complexity index is 924. The first-order chi connectivity index (χ1) is 12.8. The lowest BCUT2D eigenvalue weighted by atomic mass is 9.97. The molecule has 0 spiro atoms. The van der Waals surface area contributed by atoms with E-state index >= 15 is 0 Å². The van der Waals surface area contributed by atoms with Crippen molar-refractivity contribution >= 4 is 23.3 Å². The van der Waals surface area contributed by atoms with Crippen LogP contribution in [0.5, 0.6) is 0 Å². The van der Waals surface area contributed by atoms with E-state index in [0.29, 0.717) is 5.69 Å². The summed E-state index contributed by atoms with van der Waals surface area (Å²) in [6, 6.07) is 9.55. The summed E-state index contributed by atoms with van der Waals surface area (Å²) < 4.78 is 5.10. The highest BCUT2D eigenvalue weighted by atomic mass is 16.8. The Hall–Kier alpha value is -3.07. The van der Waals surface area contributed by atoms with E-state index in [1.54, 1.807) is 31.2 Å². The number of carbonyl (C=O) groups excluding carboxylic acids is 3. The van der Waals surface area contributed by atoms with Crippen LogP contribution in [0, 0.1) is 19.1 Å². The van der Waals surface area contributed by atoms with Crippen LogP contribution < -0.4 is 10.5 Å². The average Bonchev–Trinajstić information content (AvgIpc) is 2.95. The molecule has 27 heavy (non-hydrogen) atoms. The largest absolute Gasteiger partial charge is 0.599 e. The van der Waals surface area contributed by atoms with Crippen LogP contribution >= 0.6 is 0 Å². The molecule has 0 radical (unpaired) electrons. The second-order valence-electron chi connectivity index (χ2n) is 6.29. The number of carbonyl (C=O) groups is 3. The smallest absolute Gasteiger partial charge is 0.339 e. The van der Waals surface area contributed by atoms with Crippen LogP contribution in [0.3, 0.4) is 0 Å². The van der Waals surface area contributed by atoms with Crippen molar-refractivity contribution in [3.63, 3.8) is 0 Å². The fraction of sp³-hybridized carbons (Fsp3) is 0.211. The number of ketones is 1. The highest BCUT2D eigenvalue weighted by Crippen LogP contribution is 2.32. The van der Waals surface area contributed by atoms with Gasteiger partial charge in [-0.25, -0.2) is 15.2 Å². The number of Topliss-reactive ketones (excluding diaryl/α,β-unsaturated/α-hetero) is 1. The molecule has 3 unspecified atom stereocenters. The lowest BCUT2D eigenvalue weighted by Gasteiger charge is -2.26. The Labute approximate surface area is 154 Å². The van der Waals surface area contributed by atoms with E-state index in [4.69, 9.17) is 4.74 Å². The van der Waals surface area contributed by atoms with Crippen molar-refractivity contribution in [3.8, 4) is 0 Å². The highest BCUT2D eigenvalue weighted by Gasteiger charge is 2.46. The maximum absolute atomic E-state index is 12.6. The van der Waals surface area contributed by atoms with Crippen LogP contribution in [0.4, 0.5) is 5.69 Å². The quantitative estimate of drug-likeness (QED) is 0.408. The van der Waals surface area contributed by atoms with Crippen molar-refractivity contribution in [1.82, 2.24) is 0 Å². The molecule has 1 heterocycles. The number of hydrogen-bond acceptors (Lipinski definition) is 6. The lowest BCUT2D eigenvalue weighted by Crippen LogP contribution is -3.11. The SMILES string of the molecule is Cc1cccc(NC(=O)C(=O)C(C2OC(=O)c3ccccc32)[NH+]([O-])O)c1C. The monoisotopic (exact) mass is 370 g/mol. The van der Waals surface area contributed by atoms with E-state index in [2.05, 4.69) is 5.32 Å². The van der Waals surface area contributed by atoms with Gasteiger partial charge in [0.1, 0.15) is 0 Å². The fourth-order valence-electron chi connectivity index (χ4n) is 3.01. The van der Waals surface area contributed by atoms with Crippen molar-refractivity contribution in [2.24, 2.45) is 0 Å². The number of hydroxylamine groups is 2. The first-order valence-corrected chi connectivity index (χ1v) is 8.25. The van der Waals surface area contributed by atoms with E-state index in [-0.39, 0.29) is 11.1 Å². The number of fused-ring (bicyclic) bond motifs is 1. The van der Waals surface area contributed by atoms with Gasteiger partial charge in [-0.05, 0) is 37.1 Å². The topological polar surface area (TPSA) is 120 Å². The molecule has 0 saturated carbocycles. The van der Waals surface area contributed by atoms with Crippen LogP contribution in [-0.4, -0.2) is 28.9 Å². The Morgan fingerprint density at radius 3 is 2.59 bits per heavy atom. The number of quaternary nitrogens is 1. The maximum Gasteiger partial charge on any atom is 0.339 e. The summed E-state index contributed by atoms with van der Waals surface area (Å²) >= 11 is 0. The van der Waals surface area contributed by atoms with Gasteiger partial charge in [0.25, 0.3) is 11.7 Å². The van der Waals surface area contributed by atoms with Gasteiger partial charge in [0, 0.05) is 11.3 Å². The molecule has 0 bridgehead atoms. The molecular formula is C19H18N2O6. The first-order valence-electron chi connectivity index (χ1n) is 8.25. The molecule has 1 aliphatic heterocycles. The molecule has 0 fully saturated rings. The first kappa shape index (κ1) is 18.7. The van der Waals surface area contributed by atoms with Gasteiger partial charge >= 0.3 is 5.97 Å². The molecule has 2 aromatic rings. The number of esters is 1. The lowest BCUT2D eigenvalue weighted by molar-refractivity contribution is -1.06. The van der Waals surface area contributed by atoms with Gasteiger partial charge < -0.3 is 15.3 Å². The Balaban J connectivity index is 1.87. The Kier molecular flexibility index (Phi) is 5.04. The molecule has 140 valence electrons. The minimum absolute atomic E-state index is 0.191. The standard InChI is InChI=1S/C19H18N2O6/c1-10-6-5-9-14(11(10)2)20-18(23)16(22)15(21(25)26)17-12-7-3-4-8-13(12)19(24)27-17/h3-9,15,17,21,25H,1-2H3,(H,20,23). The Morgan fingerprint density at radius 2 is 1.89 bits per heavy atom. The number of benzene rings is 2. The highest BCUT2D eigenvalue weighted by molar-refractivity contribution is 6.42. The molecule has 3 N–H and O–H groups in total. The van der Waals surface area contributed by atoms with E-state index in [9.17, 15) is 24.8 Å². The molecular weight excluding hydrogens is 352 g/mol. The third kappa shape index (κ3) is 3.45. The van der Waals surface area contributed by atoms with E-state index in [1.807, 2.05) is 13.0 Å². The van der Waals surface area contributed by atoms with Gasteiger partial charge in [0.15, 0.2) is 6.10 Å². The van der Waals surface area contributed by atoms with E-state index in [0.717, 1.165) is 11.1 Å². The molecule has 3 rings (SSSR count). The number of ether oxygens (including phenoxy) is 1. The number of anilines is 1. The Morgan fingerprint density at radius 1 is 1.19 bits per heavy atom. The number of rotatable bonds is 5. The van der Waals surface area contributed by atoms with Crippen LogP contribution in [0.1, 0.15) is 33.2 Å². The predicted octanol–water partition coefficient (Wildman–Crippen LogP) is 0.863. The van der Waals surface area contributed by atoms with Crippen LogP contribution in [0.25, 0.3) is 0 Å². The van der Waals surface area contributed by atoms with Crippen molar-refractivity contribution in [3.05, 3.63) is 69.9 Å². The molecule has 0 aromatic heterocycles. The minimum Gasteiger partial charge on any atom is -0.599 e. The summed E-state index contributed by atoms with van der Waals surface area (Å²) in [5, 5.41) is 22.2. The molecule has 8 nitrogen and oxygen atoms in total. The summed E-state index contributed by atoms with van der Waals surface area (Å²) in [5.41, 5.74) is 2.57. The summed E-state index contributed by atoms with van der Waals surface area (Å²) in [6.45, 7) is 3.63. The second-order valence-corrected chi connectivity index (χ2v) is 6.29. The van der Waals surface area contributed by atoms with Crippen molar-refractivity contribution in [1.29, 1.82) is 0 Å². The zero-order valence-corrected chi connectivity index (χ0v) is 14.7. The van der Waals surface area contributed by atoms with Gasteiger partial charge in [-0.3, -0.25) is 9.59 Å². The van der Waals surface area contributed by atoms with Crippen LogP contribution in [0.2, 0.25) is 0 Å². The molecule has 1 amide bonds. The van der Waals surface area contributed by atoms with Crippen molar-refractivity contribution < 1.29 is 29.6 Å². The van der Waals surface area contributed by atoms with Gasteiger partial charge in [0.05, 0.1) is 5.56 Å². The number of aryl methyl sites for hydroxylation is 1. The minimum atomic E-state index is -1.83. The van der Waals surface area contributed by atoms with Crippen molar-refractivity contribution in [2.45, 2.75) is 26.0 Å². The summed E-state index contributed by atoms with van der Waals surface area (Å²) in [7, 11) is 0. The maximum atomic E-state index is 12.6. The number of amides is 1. The summed E-state index contributed by atoms with van der Waals surface area (Å²) in [4.78, 5) is 37.0. The normalized spacial score (nSPS) is 17.6. The van der Waals surface area contributed by atoms with Gasteiger partial charge in [-0.2, -0.15) is 0 Å². The van der Waals surface area contributed by atoms with E-state index < -0.39 is 35.0 Å². The predicted molar refractivity (Wildman–Crippen MR) is 94.1 cm³/mol. The molecule has 3 atom stereocenters. The third-order valence-electron chi connectivity index (χ3n) is 4.65. The van der Waals surface area contributed by atoms with E-state index in [1.165, 1.54) is 12.1 Å². The average molecular weight is 370 g/mol. The summed E-state index contributed by atoms with van der Waals surface area (Å²) in [5.74, 6) is -2.97. The number of nitrogens with one attached hydrogen (secondary N) is 2. The van der Waals surface area contributed by atoms with Gasteiger partial charge in [0.2, 0.25) is 6.04 Å². The molecule has 0 saturated heterocycles. The fourth-order valence-corrected chi connectivity index (χ4v) is 3.01. The molecule has 1 aliphatic rings. The van der Waals surface area contributed by atoms with Crippen molar-refractivity contribution in [2.75, 3.05) is 5.32 Å². The zero-order valence-electron chi connectivity index (χ0n) is 14.7. The molecule has 8 heteroatoms. The third-order valence-corrected chi connectivity index (χ3v) is 4.65. The van der Waals surface area contributed by atoms with Crippen LogP contribution in [-0.2, 0) is 14.3 Å². The molecule has 2 aromatic carbocycles. The zero-order chi connectivity index (χ0) is 19.7. The number of hydrogen-bond donors (Lipinski definition) is 3. The number of cyclic esters (lactones) is 1. The second kappa shape index (κ2) is 7.28. The molecule has 0 aliphatic carbocycles. The van der Waals surface area contributed by atoms with Crippen LogP contribution in [0.15, 0.2) is 42.5 Å². The summed E-state index contributed by atoms with van der Waals surface area (Å²) in [6.07, 6.45) is -1.34.